The molecule has 0 saturated carbocycles. The lowest BCUT2D eigenvalue weighted by Gasteiger charge is -2.40. The van der Waals surface area contributed by atoms with Crippen molar-refractivity contribution in [2.45, 2.75) is 51.2 Å². The normalized spacial score (nSPS) is 27.2. The molecule has 0 aromatic carbocycles. The van der Waals surface area contributed by atoms with Gasteiger partial charge in [-0.1, -0.05) is 20.3 Å². The second-order valence-electron chi connectivity index (χ2n) is 6.06. The number of nitrogens with zero attached hydrogens (tertiary/aromatic N) is 1. The van der Waals surface area contributed by atoms with Crippen LogP contribution < -0.4 is 5.32 Å². The molecule has 0 aromatic heterocycles. The largest absolute Gasteiger partial charge is 0.317 e. The van der Waals surface area contributed by atoms with Crippen molar-refractivity contribution in [1.29, 1.82) is 0 Å². The van der Waals surface area contributed by atoms with E-state index in [-0.39, 0.29) is 5.25 Å². The van der Waals surface area contributed by atoms with Crippen molar-refractivity contribution in [2.24, 2.45) is 5.41 Å². The second kappa shape index (κ2) is 5.47. The summed E-state index contributed by atoms with van der Waals surface area (Å²) in [6.45, 7) is 7.60. The van der Waals surface area contributed by atoms with Crippen LogP contribution in [0.1, 0.15) is 46.0 Å². The third-order valence-corrected chi connectivity index (χ3v) is 7.25. The molecule has 0 aromatic rings. The van der Waals surface area contributed by atoms with Crippen molar-refractivity contribution in [3.8, 4) is 0 Å². The van der Waals surface area contributed by atoms with Gasteiger partial charge in [0.2, 0.25) is 10.0 Å². The van der Waals surface area contributed by atoms with Crippen molar-refractivity contribution in [1.82, 2.24) is 9.62 Å². The highest BCUT2D eigenvalue weighted by Gasteiger charge is 2.37. The highest BCUT2D eigenvalue weighted by atomic mass is 32.2. The minimum atomic E-state index is -3.05. The SMILES string of the molecule is CCC1(C)CCN(S(=O)(=O)C2CCNCC2)CC1. The molecular formula is C13H26N2O2S. The number of hydrogen-bond donors (Lipinski definition) is 1. The quantitative estimate of drug-likeness (QED) is 0.850. The van der Waals surface area contributed by atoms with Gasteiger partial charge in [-0.2, -0.15) is 0 Å². The van der Waals surface area contributed by atoms with Gasteiger partial charge in [-0.25, -0.2) is 12.7 Å². The summed E-state index contributed by atoms with van der Waals surface area (Å²) in [5.74, 6) is 0. The van der Waals surface area contributed by atoms with E-state index in [1.807, 2.05) is 0 Å². The molecule has 2 saturated heterocycles. The molecular weight excluding hydrogens is 248 g/mol. The molecule has 0 aliphatic carbocycles. The molecule has 0 unspecified atom stereocenters. The van der Waals surface area contributed by atoms with Crippen LogP contribution in [0.15, 0.2) is 0 Å². The second-order valence-corrected chi connectivity index (χ2v) is 8.27. The fourth-order valence-electron chi connectivity index (χ4n) is 2.94. The molecule has 18 heavy (non-hydrogen) atoms. The van der Waals surface area contributed by atoms with Crippen molar-refractivity contribution in [2.75, 3.05) is 26.2 Å². The Labute approximate surface area is 111 Å². The Morgan fingerprint density at radius 3 is 2.28 bits per heavy atom. The number of sulfonamides is 1. The Morgan fingerprint density at radius 2 is 1.78 bits per heavy atom. The number of hydrogen-bond acceptors (Lipinski definition) is 3. The maximum Gasteiger partial charge on any atom is 0.217 e. The van der Waals surface area contributed by atoms with E-state index in [1.54, 1.807) is 4.31 Å². The molecule has 2 aliphatic rings. The van der Waals surface area contributed by atoms with Gasteiger partial charge < -0.3 is 5.32 Å². The third kappa shape index (κ3) is 2.89. The zero-order valence-electron chi connectivity index (χ0n) is 11.6. The molecule has 0 bridgehead atoms. The molecule has 2 rings (SSSR count). The van der Waals surface area contributed by atoms with Gasteiger partial charge in [0.15, 0.2) is 0 Å². The highest BCUT2D eigenvalue weighted by Crippen LogP contribution is 2.35. The topological polar surface area (TPSA) is 49.4 Å². The first-order chi connectivity index (χ1) is 8.48. The average molecular weight is 274 g/mol. The first kappa shape index (κ1) is 14.3. The summed E-state index contributed by atoms with van der Waals surface area (Å²) in [6.07, 6.45) is 4.70. The minimum Gasteiger partial charge on any atom is -0.317 e. The summed E-state index contributed by atoms with van der Waals surface area (Å²) in [4.78, 5) is 0. The number of piperidine rings is 2. The fraction of sp³-hybridized carbons (Fsp3) is 1.00. The van der Waals surface area contributed by atoms with Crippen LogP contribution in [-0.2, 0) is 10.0 Å². The van der Waals surface area contributed by atoms with Crippen LogP contribution in [0.2, 0.25) is 0 Å². The van der Waals surface area contributed by atoms with Gasteiger partial charge in [0, 0.05) is 13.1 Å². The summed E-state index contributed by atoms with van der Waals surface area (Å²) in [5, 5.41) is 3.08. The van der Waals surface area contributed by atoms with Crippen LogP contribution in [0.25, 0.3) is 0 Å². The third-order valence-electron chi connectivity index (χ3n) is 4.85. The molecule has 2 heterocycles. The Kier molecular flexibility index (Phi) is 4.34. The molecule has 0 radical (unpaired) electrons. The monoisotopic (exact) mass is 274 g/mol. The highest BCUT2D eigenvalue weighted by molar-refractivity contribution is 7.89. The Morgan fingerprint density at radius 1 is 1.22 bits per heavy atom. The van der Waals surface area contributed by atoms with Crippen LogP contribution in [0.5, 0.6) is 0 Å². The van der Waals surface area contributed by atoms with E-state index in [4.69, 9.17) is 0 Å². The van der Waals surface area contributed by atoms with E-state index >= 15 is 0 Å². The van der Waals surface area contributed by atoms with Gasteiger partial charge in [-0.3, -0.25) is 0 Å². The predicted molar refractivity (Wildman–Crippen MR) is 74.0 cm³/mol. The standard InChI is InChI=1S/C13H26N2O2S/c1-3-13(2)6-10-15(11-7-13)18(16,17)12-4-8-14-9-5-12/h12,14H,3-11H2,1-2H3. The summed E-state index contributed by atoms with van der Waals surface area (Å²) >= 11 is 0. The van der Waals surface area contributed by atoms with Gasteiger partial charge >= 0.3 is 0 Å². The van der Waals surface area contributed by atoms with Gasteiger partial charge in [-0.05, 0) is 44.2 Å². The zero-order valence-corrected chi connectivity index (χ0v) is 12.4. The summed E-state index contributed by atoms with van der Waals surface area (Å²) < 4.78 is 26.8. The van der Waals surface area contributed by atoms with Crippen molar-refractivity contribution < 1.29 is 8.42 Å². The number of nitrogens with one attached hydrogen (secondary N) is 1. The van der Waals surface area contributed by atoms with Crippen molar-refractivity contribution in [3.05, 3.63) is 0 Å². The van der Waals surface area contributed by atoms with Crippen LogP contribution >= 0.6 is 0 Å². The van der Waals surface area contributed by atoms with Gasteiger partial charge in [-0.15, -0.1) is 0 Å². The molecule has 0 atom stereocenters. The molecule has 5 heteroatoms. The molecule has 106 valence electrons. The lowest BCUT2D eigenvalue weighted by molar-refractivity contribution is 0.167. The molecule has 2 aliphatic heterocycles. The molecule has 4 nitrogen and oxygen atoms in total. The van der Waals surface area contributed by atoms with Gasteiger partial charge in [0.05, 0.1) is 5.25 Å². The first-order valence-electron chi connectivity index (χ1n) is 7.18. The Hall–Kier alpha value is -0.130. The minimum absolute atomic E-state index is 0.148. The lowest BCUT2D eigenvalue weighted by Crippen LogP contribution is -2.48. The number of rotatable bonds is 3. The summed E-state index contributed by atoms with van der Waals surface area (Å²) in [6, 6.07) is 0. The lowest BCUT2D eigenvalue weighted by atomic mass is 9.79. The van der Waals surface area contributed by atoms with Crippen LogP contribution in [-0.4, -0.2) is 44.2 Å². The molecule has 1 N–H and O–H groups in total. The maximum atomic E-state index is 12.5. The molecule has 0 amide bonds. The van der Waals surface area contributed by atoms with E-state index in [0.717, 1.165) is 58.3 Å². The molecule has 0 spiro atoms. The van der Waals surface area contributed by atoms with Crippen LogP contribution in [0.4, 0.5) is 0 Å². The van der Waals surface area contributed by atoms with E-state index < -0.39 is 10.0 Å². The van der Waals surface area contributed by atoms with E-state index in [2.05, 4.69) is 19.2 Å². The smallest absolute Gasteiger partial charge is 0.217 e. The average Bonchev–Trinajstić information content (AvgIpc) is 2.40. The predicted octanol–water partition coefficient (Wildman–Crippen LogP) is 1.58. The van der Waals surface area contributed by atoms with Gasteiger partial charge in [0.1, 0.15) is 0 Å². The van der Waals surface area contributed by atoms with Crippen LogP contribution in [0, 0.1) is 5.41 Å². The Bertz CT molecular complexity index is 366. The van der Waals surface area contributed by atoms with Crippen molar-refractivity contribution in [3.63, 3.8) is 0 Å². The Balaban J connectivity index is 1.99. The first-order valence-corrected chi connectivity index (χ1v) is 8.68. The van der Waals surface area contributed by atoms with Crippen LogP contribution in [0.3, 0.4) is 0 Å². The summed E-state index contributed by atoms with van der Waals surface area (Å²) in [7, 11) is -3.05. The maximum absolute atomic E-state index is 12.5. The van der Waals surface area contributed by atoms with Gasteiger partial charge in [0.25, 0.3) is 0 Å². The zero-order chi connectivity index (χ0) is 13.2. The summed E-state index contributed by atoms with van der Waals surface area (Å²) in [5.41, 5.74) is 0.347. The van der Waals surface area contributed by atoms with Crippen molar-refractivity contribution >= 4 is 10.0 Å². The van der Waals surface area contributed by atoms with E-state index in [9.17, 15) is 8.42 Å². The van der Waals surface area contributed by atoms with E-state index in [0.29, 0.717) is 5.41 Å². The molecule has 2 fully saturated rings. The van der Waals surface area contributed by atoms with E-state index in [1.165, 1.54) is 0 Å². The fourth-order valence-corrected chi connectivity index (χ4v) is 4.88.